The Morgan fingerprint density at radius 3 is 1.90 bits per heavy atom. The molecule has 2 aliphatic heterocycles. The normalized spacial score (nSPS) is 30.2. The molecule has 350 valence electrons. The molecule has 11 aromatic rings. The molecule has 0 N–H and O–H groups in total. The van der Waals surface area contributed by atoms with Gasteiger partial charge in [-0.2, -0.15) is 0 Å². The largest absolute Gasteiger partial charge is 0.456 e. The minimum absolute atomic E-state index is 0.119. The monoisotopic (exact) mass is 940 g/mol. The summed E-state index contributed by atoms with van der Waals surface area (Å²) in [6.45, 7) is -0.119. The molecule has 0 amide bonds. The summed E-state index contributed by atoms with van der Waals surface area (Å²) in [6, 6.07) is 58.6. The summed E-state index contributed by atoms with van der Waals surface area (Å²) in [4.78, 5) is 2.74. The first-order chi connectivity index (χ1) is 36.0. The fourth-order valence-electron chi connectivity index (χ4n) is 20.2. The van der Waals surface area contributed by atoms with Gasteiger partial charge < -0.3 is 18.2 Å². The van der Waals surface area contributed by atoms with Gasteiger partial charge in [-0.15, -0.1) is 0 Å². The smallest absolute Gasteiger partial charge is 0.333 e. The zero-order valence-electron chi connectivity index (χ0n) is 41.0. The van der Waals surface area contributed by atoms with E-state index in [0.717, 1.165) is 68.6 Å². The lowest BCUT2D eigenvalue weighted by Crippen LogP contribution is -2.61. The Hall–Kier alpha value is -6.98. The van der Waals surface area contributed by atoms with E-state index in [4.69, 9.17) is 8.83 Å². The maximum atomic E-state index is 7.31. The Bertz CT molecular complexity index is 4290. The van der Waals surface area contributed by atoms with E-state index in [9.17, 15) is 0 Å². The van der Waals surface area contributed by atoms with E-state index in [0.29, 0.717) is 10.8 Å². The van der Waals surface area contributed by atoms with Gasteiger partial charge in [-0.1, -0.05) is 91.0 Å². The minimum atomic E-state index is -0.119. The summed E-state index contributed by atoms with van der Waals surface area (Å²) in [6.07, 6.45) is 15.5. The minimum Gasteiger partial charge on any atom is -0.456 e. The van der Waals surface area contributed by atoms with E-state index in [1.54, 1.807) is 11.1 Å². The van der Waals surface area contributed by atoms with Gasteiger partial charge in [-0.3, -0.25) is 0 Å². The molecule has 1 spiro atoms. The lowest BCUT2D eigenvalue weighted by molar-refractivity contribution is -0.175. The molecular formula is C68H53BN2O2. The van der Waals surface area contributed by atoms with E-state index in [1.807, 2.05) is 0 Å². The molecule has 3 aromatic heterocycles. The molecular weight excluding hydrogens is 888 g/mol. The second-order valence-electron chi connectivity index (χ2n) is 25.6. The Kier molecular flexibility index (Phi) is 6.70. The van der Waals surface area contributed by atoms with Crippen molar-refractivity contribution in [2.24, 2.45) is 40.9 Å². The molecule has 8 aromatic carbocycles. The zero-order valence-corrected chi connectivity index (χ0v) is 41.0. The molecule has 4 nitrogen and oxygen atoms in total. The third-order valence-electron chi connectivity index (χ3n) is 22.5. The molecule has 2 unspecified atom stereocenters. The molecule has 2 atom stereocenters. The van der Waals surface area contributed by atoms with Crippen LogP contribution in [0.4, 0.5) is 11.4 Å². The summed E-state index contributed by atoms with van der Waals surface area (Å²) >= 11 is 0. The van der Waals surface area contributed by atoms with Crippen molar-refractivity contribution in [1.29, 1.82) is 0 Å². The van der Waals surface area contributed by atoms with Gasteiger partial charge in [0.05, 0.1) is 16.7 Å². The van der Waals surface area contributed by atoms with Gasteiger partial charge in [0, 0.05) is 49.3 Å². The van der Waals surface area contributed by atoms with Crippen molar-refractivity contribution >= 4 is 94.8 Å². The molecule has 5 heteroatoms. The number of benzene rings is 8. The summed E-state index contributed by atoms with van der Waals surface area (Å²) in [5.41, 5.74) is 22.3. The van der Waals surface area contributed by atoms with E-state index in [2.05, 4.69) is 161 Å². The van der Waals surface area contributed by atoms with Crippen molar-refractivity contribution in [3.05, 3.63) is 163 Å². The number of hydrogen-bond acceptors (Lipinski definition) is 3. The lowest BCUT2D eigenvalue weighted by atomic mass is 9.38. The van der Waals surface area contributed by atoms with E-state index < -0.39 is 0 Å². The topological polar surface area (TPSA) is 34.5 Å². The summed E-state index contributed by atoms with van der Waals surface area (Å²) in [7, 11) is 0. The Labute approximate surface area is 424 Å². The third-order valence-corrected chi connectivity index (χ3v) is 22.5. The van der Waals surface area contributed by atoms with Crippen LogP contribution in [-0.2, 0) is 10.8 Å². The van der Waals surface area contributed by atoms with Crippen LogP contribution in [0.25, 0.3) is 93.6 Å². The molecule has 0 radical (unpaired) electrons. The standard InChI is InChI=1S/C68H53BN2O2/c1-2-8-40(9-3-1)41-14-17-47(18-15-41)71-58-29-52-48-10-4-6-12-59(48)72-61(52)30-51(58)53-28-55-49-11-5-7-13-60(49)73-65(55)64-62(53)69(71)56-27-43(66-31-37-20-38(32-66)22-39(21-37)33-66)26-54-50-25-42(16-19-57(50)70(64)63(54)56)67-34-45-23-44-24-46(35-67)68(44,45)36-67/h1-19,25-30,37-39,44-46H,20-24,31-36H2. The first-order valence-electron chi connectivity index (χ1n) is 28.0. The van der Waals surface area contributed by atoms with Gasteiger partial charge in [-0.05, 0) is 222 Å². The number of anilines is 2. The van der Waals surface area contributed by atoms with Gasteiger partial charge in [0.15, 0.2) is 5.58 Å². The van der Waals surface area contributed by atoms with Crippen molar-refractivity contribution in [2.75, 3.05) is 4.81 Å². The number of hydrogen-bond donors (Lipinski definition) is 0. The van der Waals surface area contributed by atoms with Crippen molar-refractivity contribution in [1.82, 2.24) is 4.57 Å². The van der Waals surface area contributed by atoms with Crippen LogP contribution in [0.5, 0.6) is 0 Å². The highest BCUT2D eigenvalue weighted by Gasteiger charge is 2.77. The number of rotatable bonds is 4. The maximum Gasteiger partial charge on any atom is 0.333 e. The van der Waals surface area contributed by atoms with Crippen molar-refractivity contribution < 1.29 is 8.83 Å². The van der Waals surface area contributed by atoms with Crippen molar-refractivity contribution in [2.45, 2.75) is 81.5 Å². The van der Waals surface area contributed by atoms with Crippen LogP contribution in [0, 0.1) is 40.9 Å². The molecule has 8 fully saturated rings. The van der Waals surface area contributed by atoms with Gasteiger partial charge in [-0.25, -0.2) is 0 Å². The van der Waals surface area contributed by atoms with E-state index in [-0.39, 0.29) is 12.3 Å². The Morgan fingerprint density at radius 1 is 0.479 bits per heavy atom. The highest BCUT2D eigenvalue weighted by Crippen LogP contribution is 2.84. The summed E-state index contributed by atoms with van der Waals surface area (Å²) in [5.74, 6) is 5.46. The number of nitrogens with zero attached hydrogens (tertiary/aromatic N) is 2. The van der Waals surface area contributed by atoms with Gasteiger partial charge in [0.1, 0.15) is 16.7 Å². The van der Waals surface area contributed by atoms with E-state index in [1.165, 1.54) is 153 Å². The maximum absolute atomic E-state index is 7.31. The second-order valence-corrected chi connectivity index (χ2v) is 25.6. The third kappa shape index (κ3) is 4.52. The fourth-order valence-corrected chi connectivity index (χ4v) is 20.2. The quantitative estimate of drug-likeness (QED) is 0.165. The zero-order chi connectivity index (χ0) is 46.8. The van der Waals surface area contributed by atoms with Crippen LogP contribution >= 0.6 is 0 Å². The SMILES string of the molecule is c1ccc(-c2ccc(N3B4c5c(cc6c(oc7ccccc76)c5-n5c6ccc(C78CC9CC%10CC(C7)C%109C8)cc6c6cc(C78CC9CC(CC(C9)C7)C8)cc4c65)-c4cc5oc6ccccc6c5cc43)cc2)cc1. The Morgan fingerprint density at radius 2 is 1.16 bits per heavy atom. The molecule has 5 heterocycles. The van der Waals surface area contributed by atoms with Crippen molar-refractivity contribution in [3.63, 3.8) is 0 Å². The predicted octanol–water partition coefficient (Wildman–Crippen LogP) is 16.0. The van der Waals surface area contributed by atoms with Crippen LogP contribution in [0.3, 0.4) is 0 Å². The Balaban J connectivity index is 0.930. The predicted molar refractivity (Wildman–Crippen MR) is 297 cm³/mol. The molecule has 8 aliphatic carbocycles. The van der Waals surface area contributed by atoms with Gasteiger partial charge in [0.2, 0.25) is 0 Å². The van der Waals surface area contributed by atoms with Crippen molar-refractivity contribution in [3.8, 4) is 27.9 Å². The molecule has 10 aliphatic rings. The molecule has 73 heavy (non-hydrogen) atoms. The lowest BCUT2D eigenvalue weighted by Gasteiger charge is -2.66. The number of fused-ring (bicyclic) bond motifs is 15. The first-order valence-corrected chi connectivity index (χ1v) is 28.0. The fraction of sp³-hybridized carbons (Fsp3) is 0.294. The van der Waals surface area contributed by atoms with Gasteiger partial charge in [0.25, 0.3) is 0 Å². The number of para-hydroxylation sites is 2. The molecule has 21 rings (SSSR count). The second kappa shape index (κ2) is 12.7. The molecule has 8 saturated carbocycles. The highest BCUT2D eigenvalue weighted by molar-refractivity contribution is 6.94. The number of furan rings is 2. The average molecular weight is 941 g/mol. The first kappa shape index (κ1) is 38.6. The summed E-state index contributed by atoms with van der Waals surface area (Å²) in [5, 5.41) is 7.57. The van der Waals surface area contributed by atoms with Crippen LogP contribution in [0.15, 0.2) is 160 Å². The number of aromatic nitrogens is 1. The van der Waals surface area contributed by atoms with Crippen LogP contribution in [0.1, 0.15) is 81.8 Å². The summed E-state index contributed by atoms with van der Waals surface area (Å²) < 4.78 is 16.8. The highest BCUT2D eigenvalue weighted by atomic mass is 16.3. The van der Waals surface area contributed by atoms with Crippen LogP contribution < -0.4 is 15.7 Å². The van der Waals surface area contributed by atoms with Gasteiger partial charge >= 0.3 is 6.85 Å². The molecule has 0 saturated heterocycles. The van der Waals surface area contributed by atoms with E-state index >= 15 is 0 Å². The van der Waals surface area contributed by atoms with Crippen LogP contribution in [0.2, 0.25) is 0 Å². The molecule has 6 bridgehead atoms. The average Bonchev–Trinajstić information content (AvgIpc) is 4.22. The van der Waals surface area contributed by atoms with Crippen LogP contribution in [-0.4, -0.2) is 11.4 Å².